The Bertz CT molecular complexity index is 9.52. The Labute approximate surface area is 78.2 Å². The van der Waals surface area contributed by atoms with E-state index in [2.05, 4.69) is 0 Å². The number of hydrogen-bond acceptors (Lipinski definition) is 1. The molecule has 0 bridgehead atoms. The molecule has 0 fully saturated rings. The summed E-state index contributed by atoms with van der Waals surface area (Å²) < 4.78 is 7.50. The van der Waals surface area contributed by atoms with E-state index in [-0.39, 0.29) is 43.8 Å². The standard InChI is InChI=1S/ClH.9H2O.Zr/h1H;9*1H2;/q;;;;;;;;;;+2/p-2. The van der Waals surface area contributed by atoms with Crippen LogP contribution >= 0.6 is 8.51 Å². The van der Waals surface area contributed by atoms with E-state index in [1.807, 2.05) is 0 Å². The molecule has 0 saturated heterocycles. The molecule has 11 heavy (non-hydrogen) atoms. The van der Waals surface area contributed by atoms with Crippen LogP contribution in [0.25, 0.3) is 0 Å². The van der Waals surface area contributed by atoms with E-state index in [9.17, 15) is 0 Å². The van der Waals surface area contributed by atoms with Gasteiger partial charge < -0.3 is 43.8 Å². The fourth-order valence-electron chi connectivity index (χ4n) is 0. The van der Waals surface area contributed by atoms with E-state index < -0.39 is 22.5 Å². The zero-order valence-electron chi connectivity index (χ0n) is 5.33. The second kappa shape index (κ2) is 317. The van der Waals surface area contributed by atoms with Crippen molar-refractivity contribution >= 4 is 8.51 Å². The van der Waals surface area contributed by atoms with Crippen LogP contribution in [0.5, 0.6) is 0 Å². The molecule has 0 heterocycles. The van der Waals surface area contributed by atoms with Crippen LogP contribution in [0, 0.1) is 0 Å². The van der Waals surface area contributed by atoms with E-state index in [1.54, 1.807) is 0 Å². The van der Waals surface area contributed by atoms with E-state index in [4.69, 9.17) is 11.7 Å². The first kappa shape index (κ1) is 175. The van der Waals surface area contributed by atoms with Crippen molar-refractivity contribution in [1.29, 1.82) is 0 Å². The molecule has 0 aliphatic heterocycles. The van der Waals surface area contributed by atoms with E-state index in [0.717, 1.165) is 0 Å². The van der Waals surface area contributed by atoms with Crippen LogP contribution in [0.3, 0.4) is 0 Å². The maximum atomic E-state index is 7.50. The van der Waals surface area contributed by atoms with Gasteiger partial charge in [-0.2, -0.15) is 0 Å². The van der Waals surface area contributed by atoms with Gasteiger partial charge in [-0.25, -0.2) is 0 Å². The molecule has 0 atom stereocenters. The fourth-order valence-corrected chi connectivity index (χ4v) is 0. The molecule has 9 nitrogen and oxygen atoms in total. The van der Waals surface area contributed by atoms with Crippen molar-refractivity contribution in [3.63, 3.8) is 0 Å². The van der Waals surface area contributed by atoms with Crippen LogP contribution in [-0.2, 0) is 22.5 Å². The molecule has 17 N–H and O–H groups in total. The van der Waals surface area contributed by atoms with Gasteiger partial charge in [-0.15, -0.1) is 0 Å². The predicted octanol–water partition coefficient (Wildman–Crippen LogP) is -6.47. The number of hydrogen-bond donors (Lipinski definition) is 1. The average Bonchev–Trinajstić information content (AvgIpc) is 0.918. The average molecular weight is 288 g/mol. The minimum atomic E-state index is -1.30. The molecular weight excluding hydrogens is 271 g/mol. The van der Waals surface area contributed by atoms with Gasteiger partial charge in [0.25, 0.3) is 0 Å². The molecule has 0 unspecified atom stereocenters. The van der Waals surface area contributed by atoms with Crippen LogP contribution in [0.1, 0.15) is 0 Å². The SMILES string of the molecule is O.O.O.O.O.O.O.O.[OH][Zr][Cl]. The summed E-state index contributed by atoms with van der Waals surface area (Å²) in [6, 6.07) is 0. The van der Waals surface area contributed by atoms with Gasteiger partial charge >= 0.3 is 34.2 Å². The monoisotopic (exact) mass is 286 g/mol. The Hall–Kier alpha value is 0.813. The van der Waals surface area contributed by atoms with Crippen LogP contribution in [-0.4, -0.2) is 47.0 Å². The summed E-state index contributed by atoms with van der Waals surface area (Å²) in [5, 5.41) is 0. The third kappa shape index (κ3) is 1270. The molecule has 82 valence electrons. The van der Waals surface area contributed by atoms with Crippen LogP contribution in [0.4, 0.5) is 0 Å². The summed E-state index contributed by atoms with van der Waals surface area (Å²) in [5.41, 5.74) is 0. The van der Waals surface area contributed by atoms with Gasteiger partial charge in [-0.3, -0.25) is 0 Å². The minimum absolute atomic E-state index is 0. The first-order valence-corrected chi connectivity index (χ1v) is 4.68. The Morgan fingerprint density at radius 2 is 0.636 bits per heavy atom. The Morgan fingerprint density at radius 3 is 0.636 bits per heavy atom. The first-order valence-electron chi connectivity index (χ1n) is 0.413. The Balaban J connectivity index is -0.000000000714. The van der Waals surface area contributed by atoms with Crippen molar-refractivity contribution in [2.75, 3.05) is 0 Å². The summed E-state index contributed by atoms with van der Waals surface area (Å²) in [7, 11) is 4.72. The van der Waals surface area contributed by atoms with Crippen molar-refractivity contribution in [2.45, 2.75) is 0 Å². The van der Waals surface area contributed by atoms with Gasteiger partial charge in [0.2, 0.25) is 0 Å². The van der Waals surface area contributed by atoms with Crippen LogP contribution < -0.4 is 0 Å². The van der Waals surface area contributed by atoms with E-state index >= 15 is 0 Å². The molecule has 0 spiro atoms. The Morgan fingerprint density at radius 1 is 0.636 bits per heavy atom. The van der Waals surface area contributed by atoms with Crippen molar-refractivity contribution in [1.82, 2.24) is 0 Å². The van der Waals surface area contributed by atoms with Crippen molar-refractivity contribution in [2.24, 2.45) is 0 Å². The molecular formula is H17ClO9Zr. The second-order valence-corrected chi connectivity index (χ2v) is 1.50. The van der Waals surface area contributed by atoms with Crippen molar-refractivity contribution in [3.8, 4) is 0 Å². The summed E-state index contributed by atoms with van der Waals surface area (Å²) >= 11 is -1.30. The van der Waals surface area contributed by atoms with Crippen molar-refractivity contribution in [3.05, 3.63) is 0 Å². The molecule has 0 aliphatic carbocycles. The molecule has 0 aliphatic rings. The first-order chi connectivity index (χ1) is 1.41. The van der Waals surface area contributed by atoms with Gasteiger partial charge in [0.1, 0.15) is 0 Å². The summed E-state index contributed by atoms with van der Waals surface area (Å²) in [5.74, 6) is 0. The molecule has 0 amide bonds. The molecule has 0 aromatic heterocycles. The van der Waals surface area contributed by atoms with Crippen molar-refractivity contribution < 1.29 is 69.5 Å². The zero-order valence-corrected chi connectivity index (χ0v) is 8.54. The number of rotatable bonds is 0. The third-order valence-electron chi connectivity index (χ3n) is 0. The molecule has 0 radical (unpaired) electrons. The Kier molecular flexibility index (Phi) is 5030. The maximum absolute atomic E-state index is 7.50. The van der Waals surface area contributed by atoms with Gasteiger partial charge in [0.05, 0.1) is 0 Å². The van der Waals surface area contributed by atoms with Gasteiger partial charge in [0, 0.05) is 0 Å². The third-order valence-corrected chi connectivity index (χ3v) is 0. The van der Waals surface area contributed by atoms with Gasteiger partial charge in [-0.1, -0.05) is 0 Å². The molecule has 0 saturated carbocycles. The summed E-state index contributed by atoms with van der Waals surface area (Å²) in [6.45, 7) is 0. The van der Waals surface area contributed by atoms with Gasteiger partial charge in [-0.05, 0) is 0 Å². The number of halogens is 1. The summed E-state index contributed by atoms with van der Waals surface area (Å²) in [6.07, 6.45) is 0. The van der Waals surface area contributed by atoms with Crippen LogP contribution in [0.2, 0.25) is 0 Å². The second-order valence-electron chi connectivity index (χ2n) is 0.0845. The molecule has 0 aromatic rings. The van der Waals surface area contributed by atoms with E-state index in [1.165, 1.54) is 0 Å². The topological polar surface area (TPSA) is 272 Å². The molecule has 0 aromatic carbocycles. The molecule has 11 heteroatoms. The fraction of sp³-hybridized carbons (Fsp3) is 0. The van der Waals surface area contributed by atoms with Gasteiger partial charge in [0.15, 0.2) is 0 Å². The predicted molar refractivity (Wildman–Crippen MR) is 37.0 cm³/mol. The quantitative estimate of drug-likeness (QED) is 0.446. The zero-order chi connectivity index (χ0) is 2.71. The van der Waals surface area contributed by atoms with Crippen LogP contribution in [0.15, 0.2) is 0 Å². The summed E-state index contributed by atoms with van der Waals surface area (Å²) in [4.78, 5) is 0. The normalized spacial score (nSPS) is 1.27. The molecule has 0 rings (SSSR count). The van der Waals surface area contributed by atoms with E-state index in [0.29, 0.717) is 0 Å².